The van der Waals surface area contributed by atoms with Gasteiger partial charge < -0.3 is 10.4 Å². The van der Waals surface area contributed by atoms with Crippen LogP contribution in [0, 0.1) is 0 Å². The Hall–Kier alpha value is -2.10. The van der Waals surface area contributed by atoms with Crippen LogP contribution in [-0.4, -0.2) is 41.5 Å². The summed E-state index contributed by atoms with van der Waals surface area (Å²) in [6, 6.07) is 8.37. The van der Waals surface area contributed by atoms with E-state index in [1.54, 1.807) is 30.3 Å². The first-order valence-electron chi connectivity index (χ1n) is 7.14. The highest BCUT2D eigenvalue weighted by Crippen LogP contribution is 2.31. The molecule has 5 nitrogen and oxygen atoms in total. The second-order valence-corrected chi connectivity index (χ2v) is 6.97. The summed E-state index contributed by atoms with van der Waals surface area (Å²) < 4.78 is 61.2. The number of halogens is 4. The van der Waals surface area contributed by atoms with Crippen molar-refractivity contribution in [3.63, 3.8) is 0 Å². The highest BCUT2D eigenvalue weighted by Gasteiger charge is 2.56. The number of benzene rings is 1. The fourth-order valence-electron chi connectivity index (χ4n) is 2.07. The molecule has 1 aliphatic carbocycles. The first-order chi connectivity index (χ1) is 11.9. The van der Waals surface area contributed by atoms with Crippen molar-refractivity contribution in [2.24, 2.45) is 0 Å². The van der Waals surface area contributed by atoms with E-state index in [9.17, 15) is 31.5 Å². The third kappa shape index (κ3) is 4.00. The Morgan fingerprint density at radius 1 is 1.19 bits per heavy atom. The molecule has 2 N–H and O–H groups in total. The maximum atomic E-state index is 12.8. The van der Waals surface area contributed by atoms with Gasteiger partial charge in [0.2, 0.25) is 15.9 Å². The molecular weight excluding hydrogens is 395 g/mol. The minimum atomic E-state index is -5.22. The molecule has 1 aliphatic rings. The van der Waals surface area contributed by atoms with E-state index in [4.69, 9.17) is 11.6 Å². The summed E-state index contributed by atoms with van der Waals surface area (Å²) in [4.78, 5) is 11.6. The van der Waals surface area contributed by atoms with Crippen molar-refractivity contribution in [1.82, 2.24) is 5.32 Å². The van der Waals surface area contributed by atoms with Gasteiger partial charge in [-0.25, -0.2) is 0 Å². The maximum absolute atomic E-state index is 12.8. The summed E-state index contributed by atoms with van der Waals surface area (Å²) in [6.07, 6.45) is -2.71. The van der Waals surface area contributed by atoms with Crippen LogP contribution in [0.4, 0.5) is 13.2 Å². The fraction of sp³-hybridized carbons (Fsp3) is 0.250. The zero-order chi connectivity index (χ0) is 19.7. The van der Waals surface area contributed by atoms with Crippen LogP contribution in [0.3, 0.4) is 0 Å². The number of hydrogen-bond acceptors (Lipinski definition) is 4. The molecule has 2 rings (SSSR count). The van der Waals surface area contributed by atoms with Crippen LogP contribution in [0.5, 0.6) is 0 Å². The van der Waals surface area contributed by atoms with Gasteiger partial charge in [-0.3, -0.25) is 4.79 Å². The molecular formula is C16H13ClF3NO4S. The van der Waals surface area contributed by atoms with Crippen LogP contribution >= 0.6 is 11.6 Å². The Labute approximate surface area is 153 Å². The lowest BCUT2D eigenvalue weighted by Gasteiger charge is -2.27. The number of rotatable bonds is 3. The fourth-order valence-corrected chi connectivity index (χ4v) is 2.99. The van der Waals surface area contributed by atoms with Crippen LogP contribution in [-0.2, 0) is 15.1 Å². The Morgan fingerprint density at radius 2 is 1.77 bits per heavy atom. The van der Waals surface area contributed by atoms with Gasteiger partial charge in [-0.15, -0.1) is 11.6 Å². The van der Waals surface area contributed by atoms with Crippen LogP contribution in [0.25, 0.3) is 5.57 Å². The number of hydrogen-bond donors (Lipinski definition) is 2. The normalized spacial score (nSPS) is 19.9. The topological polar surface area (TPSA) is 83.5 Å². The Balaban J connectivity index is 2.47. The van der Waals surface area contributed by atoms with Crippen LogP contribution in [0.1, 0.15) is 12.5 Å². The van der Waals surface area contributed by atoms with Crippen molar-refractivity contribution in [1.29, 1.82) is 0 Å². The molecule has 0 bridgehead atoms. The number of carbonyl (C=O) groups is 1. The molecule has 0 saturated carbocycles. The lowest BCUT2D eigenvalue weighted by atomic mass is 9.96. The van der Waals surface area contributed by atoms with E-state index in [1.165, 1.54) is 12.2 Å². The van der Waals surface area contributed by atoms with Gasteiger partial charge in [0, 0.05) is 5.70 Å². The predicted octanol–water partition coefficient (Wildman–Crippen LogP) is 2.06. The van der Waals surface area contributed by atoms with E-state index in [-0.39, 0.29) is 10.6 Å². The first-order valence-corrected chi connectivity index (χ1v) is 8.65. The number of alkyl halides is 4. The number of allylic oxidation sites excluding steroid dienone is 4. The van der Waals surface area contributed by atoms with Crippen molar-refractivity contribution in [2.45, 2.75) is 24.1 Å². The molecule has 1 aromatic rings. The van der Waals surface area contributed by atoms with Gasteiger partial charge in [-0.05, 0) is 30.2 Å². The maximum Gasteiger partial charge on any atom is 0.426 e. The van der Waals surface area contributed by atoms with Crippen molar-refractivity contribution in [3.8, 4) is 0 Å². The summed E-state index contributed by atoms with van der Waals surface area (Å²) in [6.45, 7) is 0.291. The van der Waals surface area contributed by atoms with Crippen molar-refractivity contribution >= 4 is 38.2 Å². The van der Waals surface area contributed by atoms with E-state index in [1.807, 2.05) is 5.32 Å². The average Bonchev–Trinajstić information content (AvgIpc) is 2.56. The van der Waals surface area contributed by atoms with Gasteiger partial charge in [0.25, 0.3) is 5.91 Å². The summed E-state index contributed by atoms with van der Waals surface area (Å²) in [5, 5.41) is 9.92. The second-order valence-electron chi connectivity index (χ2n) is 5.59. The molecule has 0 radical (unpaired) electrons. The first kappa shape index (κ1) is 20.2. The Morgan fingerprint density at radius 3 is 2.27 bits per heavy atom. The highest BCUT2D eigenvalue weighted by molar-refractivity contribution is 7.73. The number of nitrogens with one attached hydrogen (secondary N) is 1. The molecule has 0 aliphatic heterocycles. The zero-order valence-corrected chi connectivity index (χ0v) is 14.8. The molecule has 0 aromatic heterocycles. The van der Waals surface area contributed by atoms with E-state index >= 15 is 0 Å². The number of amides is 1. The van der Waals surface area contributed by atoms with Crippen LogP contribution < -0.4 is 5.32 Å². The Bertz CT molecular complexity index is 911. The van der Waals surface area contributed by atoms with E-state index < -0.39 is 33.4 Å². The van der Waals surface area contributed by atoms with Gasteiger partial charge >= 0.3 is 6.18 Å². The molecule has 0 heterocycles. The third-order valence-electron chi connectivity index (χ3n) is 3.68. The van der Waals surface area contributed by atoms with Crippen molar-refractivity contribution in [3.05, 3.63) is 53.7 Å². The third-order valence-corrected chi connectivity index (χ3v) is 5.02. The molecule has 0 fully saturated rings. The largest absolute Gasteiger partial charge is 0.426 e. The molecule has 2 atom stereocenters. The predicted molar refractivity (Wildman–Crippen MR) is 90.9 cm³/mol. The summed E-state index contributed by atoms with van der Waals surface area (Å²) in [5.41, 5.74) is -3.08. The molecule has 0 spiro atoms. The summed E-state index contributed by atoms with van der Waals surface area (Å²) in [7, 11) is -2.77. The SMILES string of the molecule is CC(O)(C(=O)NC1=CC(c2ccccc2)=CC(=S(=O)=O)C1Cl)C(F)(F)F. The minimum Gasteiger partial charge on any atom is -0.373 e. The second kappa shape index (κ2) is 7.26. The smallest absolute Gasteiger partial charge is 0.373 e. The molecule has 0 saturated heterocycles. The number of carbonyl (C=O) groups excluding carboxylic acids is 1. The van der Waals surface area contributed by atoms with Crippen molar-refractivity contribution in [2.75, 3.05) is 0 Å². The standard InChI is InChI=1S/C16H13ClF3NO4S/c1-15(23,16(18,19)20)14(22)21-11-7-10(9-5-3-2-4-6-9)8-12(13(11)17)26(24)25/h2-8,13,23H,1H3,(H,21,22). The summed E-state index contributed by atoms with van der Waals surface area (Å²) in [5.74, 6) is -1.77. The highest BCUT2D eigenvalue weighted by atomic mass is 35.5. The van der Waals surface area contributed by atoms with E-state index in [2.05, 4.69) is 0 Å². The van der Waals surface area contributed by atoms with E-state index in [0.717, 1.165) is 0 Å². The van der Waals surface area contributed by atoms with E-state index in [0.29, 0.717) is 18.1 Å². The quantitative estimate of drug-likeness (QED) is 0.593. The monoisotopic (exact) mass is 407 g/mol. The minimum absolute atomic E-state index is 0.290. The van der Waals surface area contributed by atoms with Gasteiger partial charge in [0.15, 0.2) is 0 Å². The van der Waals surface area contributed by atoms with Gasteiger partial charge in [-0.1, -0.05) is 30.3 Å². The molecule has 1 amide bonds. The van der Waals surface area contributed by atoms with Crippen LogP contribution in [0.2, 0.25) is 0 Å². The lowest BCUT2D eigenvalue weighted by molar-refractivity contribution is -0.244. The molecule has 10 heteroatoms. The lowest BCUT2D eigenvalue weighted by Crippen LogP contribution is -2.55. The molecule has 2 unspecified atom stereocenters. The van der Waals surface area contributed by atoms with Crippen molar-refractivity contribution < 1.29 is 31.5 Å². The average molecular weight is 408 g/mol. The molecule has 1 aromatic carbocycles. The van der Waals surface area contributed by atoms with Gasteiger partial charge in [0.1, 0.15) is 5.38 Å². The van der Waals surface area contributed by atoms with Gasteiger partial charge in [0.05, 0.1) is 4.86 Å². The van der Waals surface area contributed by atoms with Gasteiger partial charge in [-0.2, -0.15) is 21.6 Å². The molecule has 140 valence electrons. The Kier molecular flexibility index (Phi) is 5.64. The number of aliphatic hydroxyl groups is 1. The van der Waals surface area contributed by atoms with Crippen LogP contribution in [0.15, 0.2) is 48.2 Å². The summed E-state index contributed by atoms with van der Waals surface area (Å²) >= 11 is 5.98. The zero-order valence-electron chi connectivity index (χ0n) is 13.2. The molecule has 26 heavy (non-hydrogen) atoms.